The molecule has 0 N–H and O–H groups in total. The van der Waals surface area contributed by atoms with Gasteiger partial charge in [0, 0.05) is 17.1 Å². The second-order valence-corrected chi connectivity index (χ2v) is 5.94. The summed E-state index contributed by atoms with van der Waals surface area (Å²) in [5.41, 5.74) is 5.91. The van der Waals surface area contributed by atoms with Gasteiger partial charge in [0.15, 0.2) is 0 Å². The highest BCUT2D eigenvalue weighted by Gasteiger charge is 2.13. The van der Waals surface area contributed by atoms with Gasteiger partial charge in [0.05, 0.1) is 0 Å². The highest BCUT2D eigenvalue weighted by molar-refractivity contribution is 5.76. The second-order valence-electron chi connectivity index (χ2n) is 5.94. The van der Waals surface area contributed by atoms with Crippen LogP contribution in [0.1, 0.15) is 16.7 Å². The van der Waals surface area contributed by atoms with Crippen molar-refractivity contribution < 1.29 is 4.39 Å². The van der Waals surface area contributed by atoms with Crippen molar-refractivity contribution in [3.63, 3.8) is 0 Å². The molecule has 2 heteroatoms. The largest absolute Gasteiger partial charge is 0.310 e. The number of aryl methyl sites for hydroxylation is 3. The maximum absolute atomic E-state index is 14.1. The van der Waals surface area contributed by atoms with E-state index in [2.05, 4.69) is 67.3 Å². The topological polar surface area (TPSA) is 3.24 Å². The van der Waals surface area contributed by atoms with Crippen molar-refractivity contribution >= 4 is 17.1 Å². The lowest BCUT2D eigenvalue weighted by Gasteiger charge is -2.26. The van der Waals surface area contributed by atoms with E-state index in [9.17, 15) is 4.39 Å². The molecule has 0 spiro atoms. The highest BCUT2D eigenvalue weighted by Crippen LogP contribution is 2.35. The fourth-order valence-corrected chi connectivity index (χ4v) is 2.56. The van der Waals surface area contributed by atoms with Crippen LogP contribution in [0.3, 0.4) is 0 Å². The van der Waals surface area contributed by atoms with E-state index in [0.717, 1.165) is 17.1 Å². The summed E-state index contributed by atoms with van der Waals surface area (Å²) in [4.78, 5) is 2.07. The average Bonchev–Trinajstić information content (AvgIpc) is 2.55. The quantitative estimate of drug-likeness (QED) is 0.555. The number of hydrogen-bond acceptors (Lipinski definition) is 1. The van der Waals surface area contributed by atoms with E-state index in [1.807, 2.05) is 12.1 Å². The van der Waals surface area contributed by atoms with Crippen molar-refractivity contribution in [2.24, 2.45) is 0 Å². The fraction of sp³-hybridized carbons (Fsp3) is 0.143. The van der Waals surface area contributed by atoms with Crippen molar-refractivity contribution in [3.05, 3.63) is 89.2 Å². The Kier molecular flexibility index (Phi) is 4.16. The molecule has 0 heterocycles. The van der Waals surface area contributed by atoms with Crippen LogP contribution in [0.4, 0.5) is 21.5 Å². The molecule has 0 bridgehead atoms. The molecule has 1 nitrogen and oxygen atoms in total. The standard InChI is InChI=1S/C21H20FN/c1-15-4-9-18(10-5-15)23(19-11-6-16(2)7-12-19)20-13-8-17(3)21(22)14-20/h4-14H,1-3H3. The maximum Gasteiger partial charge on any atom is 0.128 e. The van der Waals surface area contributed by atoms with Crippen LogP contribution in [-0.2, 0) is 0 Å². The summed E-state index contributed by atoms with van der Waals surface area (Å²) >= 11 is 0. The van der Waals surface area contributed by atoms with Gasteiger partial charge in [-0.05, 0) is 62.7 Å². The minimum Gasteiger partial charge on any atom is -0.310 e. The van der Waals surface area contributed by atoms with Gasteiger partial charge < -0.3 is 4.90 Å². The number of halogens is 1. The first-order chi connectivity index (χ1) is 11.0. The van der Waals surface area contributed by atoms with Crippen molar-refractivity contribution in [3.8, 4) is 0 Å². The second kappa shape index (κ2) is 6.25. The molecule has 0 amide bonds. The Morgan fingerprint density at radius 1 is 0.609 bits per heavy atom. The van der Waals surface area contributed by atoms with E-state index < -0.39 is 0 Å². The maximum atomic E-state index is 14.1. The molecule has 116 valence electrons. The Morgan fingerprint density at radius 3 is 1.48 bits per heavy atom. The van der Waals surface area contributed by atoms with Gasteiger partial charge in [0.25, 0.3) is 0 Å². The smallest absolute Gasteiger partial charge is 0.128 e. The van der Waals surface area contributed by atoms with Gasteiger partial charge in [-0.3, -0.25) is 0 Å². The Bertz CT molecular complexity index is 759. The van der Waals surface area contributed by atoms with Crippen molar-refractivity contribution in [1.82, 2.24) is 0 Å². The molecule has 0 aromatic heterocycles. The monoisotopic (exact) mass is 305 g/mol. The van der Waals surface area contributed by atoms with Crippen LogP contribution in [0, 0.1) is 26.6 Å². The van der Waals surface area contributed by atoms with Crippen LogP contribution >= 0.6 is 0 Å². The first-order valence-corrected chi connectivity index (χ1v) is 7.74. The SMILES string of the molecule is Cc1ccc(N(c2ccc(C)cc2)c2ccc(C)c(F)c2)cc1. The van der Waals surface area contributed by atoms with Crippen LogP contribution in [0.25, 0.3) is 0 Å². The average molecular weight is 305 g/mol. The molecule has 0 aliphatic rings. The lowest BCUT2D eigenvalue weighted by molar-refractivity contribution is 0.619. The molecule has 3 aromatic rings. The third-order valence-electron chi connectivity index (χ3n) is 4.00. The summed E-state index contributed by atoms with van der Waals surface area (Å²) < 4.78 is 14.1. The van der Waals surface area contributed by atoms with Crippen molar-refractivity contribution in [2.45, 2.75) is 20.8 Å². The van der Waals surface area contributed by atoms with E-state index in [1.54, 1.807) is 13.0 Å². The van der Waals surface area contributed by atoms with Crippen molar-refractivity contribution in [2.75, 3.05) is 4.90 Å². The van der Waals surface area contributed by atoms with E-state index >= 15 is 0 Å². The summed E-state index contributed by atoms with van der Waals surface area (Å²) in [6.45, 7) is 5.90. The molecule has 0 saturated heterocycles. The summed E-state index contributed by atoms with van der Waals surface area (Å²) in [6.07, 6.45) is 0. The summed E-state index contributed by atoms with van der Waals surface area (Å²) in [5.74, 6) is -0.188. The zero-order valence-corrected chi connectivity index (χ0v) is 13.7. The third-order valence-corrected chi connectivity index (χ3v) is 4.00. The number of hydrogen-bond donors (Lipinski definition) is 0. The Balaban J connectivity index is 2.14. The predicted molar refractivity (Wildman–Crippen MR) is 95.3 cm³/mol. The van der Waals surface area contributed by atoms with Crippen LogP contribution < -0.4 is 4.90 Å². The Labute approximate surface area is 137 Å². The first-order valence-electron chi connectivity index (χ1n) is 7.74. The molecule has 0 radical (unpaired) electrons. The molecule has 0 aliphatic carbocycles. The fourth-order valence-electron chi connectivity index (χ4n) is 2.56. The van der Waals surface area contributed by atoms with Crippen molar-refractivity contribution in [1.29, 1.82) is 0 Å². The normalized spacial score (nSPS) is 10.6. The number of benzene rings is 3. The van der Waals surface area contributed by atoms with Crippen LogP contribution in [-0.4, -0.2) is 0 Å². The highest BCUT2D eigenvalue weighted by atomic mass is 19.1. The Morgan fingerprint density at radius 2 is 1.04 bits per heavy atom. The molecule has 0 unspecified atom stereocenters. The van der Waals surface area contributed by atoms with Gasteiger partial charge in [0.1, 0.15) is 5.82 Å². The number of rotatable bonds is 3. The Hall–Kier alpha value is -2.61. The van der Waals surface area contributed by atoms with Crippen LogP contribution in [0.2, 0.25) is 0 Å². The van der Waals surface area contributed by atoms with E-state index in [4.69, 9.17) is 0 Å². The lowest BCUT2D eigenvalue weighted by Crippen LogP contribution is -2.10. The lowest BCUT2D eigenvalue weighted by atomic mass is 10.1. The van der Waals surface area contributed by atoms with E-state index in [0.29, 0.717) is 5.56 Å². The van der Waals surface area contributed by atoms with Gasteiger partial charge in [-0.25, -0.2) is 4.39 Å². The molecule has 3 aromatic carbocycles. The van der Waals surface area contributed by atoms with Gasteiger partial charge >= 0.3 is 0 Å². The molecule has 0 atom stereocenters. The van der Waals surface area contributed by atoms with Crippen LogP contribution in [0.5, 0.6) is 0 Å². The van der Waals surface area contributed by atoms with E-state index in [1.165, 1.54) is 11.1 Å². The number of anilines is 3. The molecule has 23 heavy (non-hydrogen) atoms. The predicted octanol–water partition coefficient (Wildman–Crippen LogP) is 6.22. The summed E-state index contributed by atoms with van der Waals surface area (Å²) in [7, 11) is 0. The van der Waals surface area contributed by atoms with Gasteiger partial charge in [-0.1, -0.05) is 41.5 Å². The molecular formula is C21H20FN. The molecule has 0 aliphatic heterocycles. The molecule has 0 saturated carbocycles. The molecule has 0 fully saturated rings. The third kappa shape index (κ3) is 3.26. The molecular weight excluding hydrogens is 285 g/mol. The van der Waals surface area contributed by atoms with Gasteiger partial charge in [-0.15, -0.1) is 0 Å². The van der Waals surface area contributed by atoms with Crippen LogP contribution in [0.15, 0.2) is 66.7 Å². The zero-order valence-electron chi connectivity index (χ0n) is 13.7. The minimum atomic E-state index is -0.188. The van der Waals surface area contributed by atoms with Gasteiger partial charge in [0.2, 0.25) is 0 Å². The number of nitrogens with zero attached hydrogens (tertiary/aromatic N) is 1. The van der Waals surface area contributed by atoms with Gasteiger partial charge in [-0.2, -0.15) is 0 Å². The molecule has 3 rings (SSSR count). The zero-order chi connectivity index (χ0) is 16.4. The first kappa shape index (κ1) is 15.3. The summed E-state index contributed by atoms with van der Waals surface area (Å²) in [5, 5.41) is 0. The van der Waals surface area contributed by atoms with E-state index in [-0.39, 0.29) is 5.82 Å². The minimum absolute atomic E-state index is 0.188. The summed E-state index contributed by atoms with van der Waals surface area (Å²) in [6, 6.07) is 21.9.